The van der Waals surface area contributed by atoms with E-state index < -0.39 is 11.8 Å². The Morgan fingerprint density at radius 2 is 1.79 bits per heavy atom. The molecule has 0 bridgehead atoms. The third kappa shape index (κ3) is 5.03. The molecular weight excluding hydrogens is 434 g/mol. The van der Waals surface area contributed by atoms with Crippen LogP contribution < -0.4 is 0 Å². The number of likely N-dealkylation sites (tertiary alicyclic amines) is 1. The third-order valence-electron chi connectivity index (χ3n) is 8.04. The summed E-state index contributed by atoms with van der Waals surface area (Å²) in [7, 11) is 4.01. The lowest BCUT2D eigenvalue weighted by molar-refractivity contribution is -0.918. The fourth-order valence-corrected chi connectivity index (χ4v) is 5.95. The summed E-state index contributed by atoms with van der Waals surface area (Å²) >= 11 is 0. The van der Waals surface area contributed by atoms with Crippen molar-refractivity contribution in [2.75, 3.05) is 33.7 Å². The number of quaternary nitrogens is 1. The fraction of sp³-hybridized carbons (Fsp3) is 0.536. The summed E-state index contributed by atoms with van der Waals surface area (Å²) in [5.41, 5.74) is -0.0964. The van der Waals surface area contributed by atoms with Crippen LogP contribution in [0.5, 0.6) is 0 Å². The van der Waals surface area contributed by atoms with Gasteiger partial charge in [0.05, 0.1) is 27.2 Å². The Hall–Kier alpha value is -2.31. The molecule has 1 saturated carbocycles. The number of hydrogen-bond acceptors (Lipinski definition) is 2. The third-order valence-corrected chi connectivity index (χ3v) is 8.04. The number of carbonyl (C=O) groups excluding carboxylic acids is 1. The summed E-state index contributed by atoms with van der Waals surface area (Å²) in [6, 6.07) is 15.5. The Balaban J connectivity index is 1.45. The molecule has 2 fully saturated rings. The maximum absolute atomic E-state index is 15.6. The summed E-state index contributed by atoms with van der Waals surface area (Å²) in [4.78, 5) is 15.3. The van der Waals surface area contributed by atoms with Crippen LogP contribution in [-0.2, 0) is 16.8 Å². The zero-order chi connectivity index (χ0) is 24.3. The normalized spacial score (nSPS) is 23.6. The first kappa shape index (κ1) is 24.8. The van der Waals surface area contributed by atoms with E-state index in [-0.39, 0.29) is 30.2 Å². The summed E-state index contributed by atoms with van der Waals surface area (Å²) in [6.45, 7) is 1.10. The lowest BCUT2D eigenvalue weighted by atomic mass is 9.78. The number of hydrogen-bond donors (Lipinski definition) is 1. The van der Waals surface area contributed by atoms with Crippen molar-refractivity contribution in [2.45, 2.75) is 56.3 Å². The van der Waals surface area contributed by atoms with Gasteiger partial charge < -0.3 is 14.5 Å². The first-order valence-electron chi connectivity index (χ1n) is 12.5. The number of benzene rings is 2. The first-order valence-corrected chi connectivity index (χ1v) is 12.5. The monoisotopic (exact) mass is 471 g/mol. The minimum absolute atomic E-state index is 0.00694. The van der Waals surface area contributed by atoms with E-state index in [0.29, 0.717) is 36.0 Å². The minimum atomic E-state index is -1.61. The van der Waals surface area contributed by atoms with Gasteiger partial charge >= 0.3 is 0 Å². The molecule has 1 aliphatic carbocycles. The molecule has 4 nitrogen and oxygen atoms in total. The van der Waals surface area contributed by atoms with Crippen molar-refractivity contribution in [1.82, 2.24) is 4.90 Å². The van der Waals surface area contributed by atoms with Gasteiger partial charge in [0.1, 0.15) is 11.9 Å². The van der Waals surface area contributed by atoms with Gasteiger partial charge in [0.25, 0.3) is 5.91 Å². The highest BCUT2D eigenvalue weighted by Crippen LogP contribution is 2.42. The molecule has 1 aliphatic heterocycles. The van der Waals surface area contributed by atoms with Crippen molar-refractivity contribution in [3.63, 3.8) is 0 Å². The number of amides is 1. The molecule has 0 radical (unpaired) electrons. The summed E-state index contributed by atoms with van der Waals surface area (Å²) in [5, 5.41) is 11.8. The second kappa shape index (κ2) is 10.1. The molecule has 2 aromatic rings. The average Bonchev–Trinajstić information content (AvgIpc) is 3.38. The van der Waals surface area contributed by atoms with Gasteiger partial charge in [0.15, 0.2) is 11.8 Å². The van der Waals surface area contributed by atoms with Crippen molar-refractivity contribution in [1.29, 1.82) is 0 Å². The maximum atomic E-state index is 15.6. The smallest absolute Gasteiger partial charge is 0.259 e. The van der Waals surface area contributed by atoms with Gasteiger partial charge in [-0.05, 0) is 36.1 Å². The van der Waals surface area contributed by atoms with Crippen molar-refractivity contribution < 1.29 is 23.2 Å². The number of carbonyl (C=O) groups is 1. The quantitative estimate of drug-likeness (QED) is 0.606. The zero-order valence-corrected chi connectivity index (χ0v) is 20.3. The van der Waals surface area contributed by atoms with Crippen LogP contribution in [0.15, 0.2) is 54.6 Å². The molecule has 0 spiro atoms. The van der Waals surface area contributed by atoms with Crippen LogP contribution in [0.2, 0.25) is 0 Å². The van der Waals surface area contributed by atoms with Crippen LogP contribution in [0.4, 0.5) is 8.78 Å². The highest BCUT2D eigenvalue weighted by Gasteiger charge is 2.51. The van der Waals surface area contributed by atoms with Gasteiger partial charge in [-0.15, -0.1) is 0 Å². The van der Waals surface area contributed by atoms with Gasteiger partial charge in [-0.25, -0.2) is 8.78 Å². The van der Waals surface area contributed by atoms with E-state index in [1.807, 2.05) is 50.5 Å². The van der Waals surface area contributed by atoms with Crippen LogP contribution >= 0.6 is 0 Å². The van der Waals surface area contributed by atoms with E-state index in [0.717, 1.165) is 31.2 Å². The first-order chi connectivity index (χ1) is 16.2. The van der Waals surface area contributed by atoms with Crippen molar-refractivity contribution >= 4 is 5.91 Å². The lowest BCUT2D eigenvalue weighted by Gasteiger charge is -2.46. The predicted octanol–water partition coefficient (Wildman–Crippen LogP) is 4.46. The van der Waals surface area contributed by atoms with Gasteiger partial charge in [-0.2, -0.15) is 0 Å². The zero-order valence-electron chi connectivity index (χ0n) is 20.3. The predicted molar refractivity (Wildman–Crippen MR) is 129 cm³/mol. The second-order valence-corrected chi connectivity index (χ2v) is 10.6. The summed E-state index contributed by atoms with van der Waals surface area (Å²) in [6.07, 6.45) is 3.59. The average molecular weight is 472 g/mol. The number of aliphatic hydroxyl groups is 1. The Kier molecular flexibility index (Phi) is 7.39. The molecule has 2 aromatic carbocycles. The second-order valence-electron chi connectivity index (χ2n) is 10.6. The molecule has 1 amide bonds. The fourth-order valence-electron chi connectivity index (χ4n) is 5.95. The van der Waals surface area contributed by atoms with Crippen LogP contribution in [0.25, 0.3) is 0 Å². The maximum Gasteiger partial charge on any atom is 0.259 e. The molecule has 2 aliphatic rings. The van der Waals surface area contributed by atoms with Crippen molar-refractivity contribution in [3.05, 3.63) is 71.5 Å². The number of rotatable bonds is 7. The van der Waals surface area contributed by atoms with Gasteiger partial charge in [-0.1, -0.05) is 55.3 Å². The highest BCUT2D eigenvalue weighted by atomic mass is 19.1. The lowest BCUT2D eigenvalue weighted by Crippen LogP contribution is -2.63. The van der Waals surface area contributed by atoms with Crippen LogP contribution in [0.1, 0.15) is 43.2 Å². The number of alkyl halides is 1. The van der Waals surface area contributed by atoms with Gasteiger partial charge in [0.2, 0.25) is 0 Å². The molecule has 184 valence electrons. The van der Waals surface area contributed by atoms with E-state index >= 15 is 4.39 Å². The van der Waals surface area contributed by atoms with Crippen LogP contribution in [-0.4, -0.2) is 66.3 Å². The molecule has 4 rings (SSSR count). The molecule has 0 aromatic heterocycles. The van der Waals surface area contributed by atoms with Gasteiger partial charge in [-0.3, -0.25) is 4.79 Å². The van der Waals surface area contributed by atoms with Gasteiger partial charge in [0, 0.05) is 25.3 Å². The standard InChI is InChI=1S/C28H37F2N2O2/c1-32(2,18-16-21-9-8-14-24(29)19-21)26-15-17-31(20-25(26)30)27(33)28(34,23-12-6-7-13-23)22-10-4-3-5-11-22/h3-5,8-11,14,19,23,25-26,34H,6-7,12-13,15-18,20H2,1-2H3/q+1. The Bertz CT molecular complexity index is 977. The Morgan fingerprint density at radius 3 is 2.44 bits per heavy atom. The summed E-state index contributed by atoms with van der Waals surface area (Å²) < 4.78 is 29.6. The van der Waals surface area contributed by atoms with Crippen LogP contribution in [0, 0.1) is 11.7 Å². The van der Waals surface area contributed by atoms with E-state index in [4.69, 9.17) is 0 Å². The van der Waals surface area contributed by atoms with E-state index in [1.165, 1.54) is 12.1 Å². The Labute approximate surface area is 201 Å². The van der Waals surface area contributed by atoms with E-state index in [1.54, 1.807) is 11.0 Å². The largest absolute Gasteiger partial charge is 0.375 e. The van der Waals surface area contributed by atoms with Crippen LogP contribution in [0.3, 0.4) is 0 Å². The van der Waals surface area contributed by atoms with E-state index in [2.05, 4.69) is 0 Å². The number of nitrogens with zero attached hydrogens (tertiary/aromatic N) is 2. The SMILES string of the molecule is C[N+](C)(CCc1cccc(F)c1)C1CCN(C(=O)C(O)(c2ccccc2)C2CCCC2)CC1F. The molecular formula is C28H37F2N2O2+. The Morgan fingerprint density at radius 1 is 1.09 bits per heavy atom. The summed E-state index contributed by atoms with van der Waals surface area (Å²) in [5.74, 6) is -0.764. The molecule has 1 saturated heterocycles. The number of halogens is 2. The van der Waals surface area contributed by atoms with E-state index in [9.17, 15) is 14.3 Å². The number of likely N-dealkylation sites (N-methyl/N-ethyl adjacent to an activating group) is 1. The van der Waals surface area contributed by atoms with Crippen molar-refractivity contribution in [3.8, 4) is 0 Å². The van der Waals surface area contributed by atoms with Crippen molar-refractivity contribution in [2.24, 2.45) is 5.92 Å². The molecule has 3 atom stereocenters. The topological polar surface area (TPSA) is 40.5 Å². The minimum Gasteiger partial charge on any atom is -0.375 e. The molecule has 1 N–H and O–H groups in total. The highest BCUT2D eigenvalue weighted by molar-refractivity contribution is 5.87. The molecule has 6 heteroatoms. The molecule has 3 unspecified atom stereocenters. The molecule has 34 heavy (non-hydrogen) atoms. The number of piperidine rings is 1. The molecule has 1 heterocycles.